The molecule has 0 radical (unpaired) electrons. The van der Waals surface area contributed by atoms with Crippen molar-refractivity contribution in [1.82, 2.24) is 0 Å². The minimum atomic E-state index is -0.632. The predicted octanol–water partition coefficient (Wildman–Crippen LogP) is 1.68. The number of halogens is 1. The average Bonchev–Trinajstić information content (AvgIpc) is 2.34. The van der Waals surface area contributed by atoms with Gasteiger partial charge in [0.2, 0.25) is 0 Å². The van der Waals surface area contributed by atoms with Gasteiger partial charge in [0.15, 0.2) is 0 Å². The molecule has 1 unspecified atom stereocenters. The fraction of sp³-hybridized carbons (Fsp3) is 0.500. The first-order valence-electron chi connectivity index (χ1n) is 5.55. The highest BCUT2D eigenvalue weighted by atomic mass is 79.9. The SMILES string of the molecule is CCOCC(O)COc1c(Br)cccc1CN. The van der Waals surface area contributed by atoms with E-state index in [-0.39, 0.29) is 13.2 Å². The lowest BCUT2D eigenvalue weighted by atomic mass is 10.2. The molecule has 0 heterocycles. The van der Waals surface area contributed by atoms with Crippen LogP contribution in [0.2, 0.25) is 0 Å². The molecular formula is C12H18BrNO3. The third-order valence-electron chi connectivity index (χ3n) is 2.20. The summed E-state index contributed by atoms with van der Waals surface area (Å²) < 4.78 is 11.5. The summed E-state index contributed by atoms with van der Waals surface area (Å²) in [7, 11) is 0. The third-order valence-corrected chi connectivity index (χ3v) is 2.83. The van der Waals surface area contributed by atoms with E-state index in [1.165, 1.54) is 0 Å². The van der Waals surface area contributed by atoms with Gasteiger partial charge in [-0.25, -0.2) is 0 Å². The number of aliphatic hydroxyl groups excluding tert-OH is 1. The van der Waals surface area contributed by atoms with Crippen LogP contribution in [0.1, 0.15) is 12.5 Å². The van der Waals surface area contributed by atoms with E-state index in [1.807, 2.05) is 25.1 Å². The van der Waals surface area contributed by atoms with E-state index < -0.39 is 6.10 Å². The molecule has 0 bridgehead atoms. The van der Waals surface area contributed by atoms with Crippen LogP contribution in [-0.4, -0.2) is 31.0 Å². The number of rotatable bonds is 7. The fourth-order valence-corrected chi connectivity index (χ4v) is 1.88. The van der Waals surface area contributed by atoms with Gasteiger partial charge in [0.1, 0.15) is 18.5 Å². The molecule has 96 valence electrons. The summed E-state index contributed by atoms with van der Waals surface area (Å²) in [5.74, 6) is 0.686. The van der Waals surface area contributed by atoms with Crippen molar-refractivity contribution in [3.8, 4) is 5.75 Å². The van der Waals surface area contributed by atoms with Crippen molar-refractivity contribution in [2.75, 3.05) is 19.8 Å². The first-order chi connectivity index (χ1) is 8.19. The molecule has 0 saturated heterocycles. The predicted molar refractivity (Wildman–Crippen MR) is 70.0 cm³/mol. The van der Waals surface area contributed by atoms with Crippen LogP contribution >= 0.6 is 15.9 Å². The van der Waals surface area contributed by atoms with Crippen LogP contribution in [0.4, 0.5) is 0 Å². The highest BCUT2D eigenvalue weighted by Gasteiger charge is 2.10. The standard InChI is InChI=1S/C12H18BrNO3/c1-2-16-7-10(15)8-17-12-9(6-14)4-3-5-11(12)13/h3-5,10,15H,2,6-8,14H2,1H3. The minimum absolute atomic E-state index is 0.190. The van der Waals surface area contributed by atoms with Crippen LogP contribution in [0.3, 0.4) is 0 Å². The molecule has 0 amide bonds. The maximum atomic E-state index is 9.60. The topological polar surface area (TPSA) is 64.7 Å². The number of ether oxygens (including phenoxy) is 2. The molecule has 1 atom stereocenters. The van der Waals surface area contributed by atoms with Crippen molar-refractivity contribution in [2.45, 2.75) is 19.6 Å². The molecule has 3 N–H and O–H groups in total. The Morgan fingerprint density at radius 1 is 1.41 bits per heavy atom. The van der Waals surface area contributed by atoms with Crippen molar-refractivity contribution in [1.29, 1.82) is 0 Å². The molecule has 0 aliphatic rings. The Kier molecular flexibility index (Phi) is 6.50. The summed E-state index contributed by atoms with van der Waals surface area (Å²) >= 11 is 3.40. The summed E-state index contributed by atoms with van der Waals surface area (Å²) in [4.78, 5) is 0. The smallest absolute Gasteiger partial charge is 0.138 e. The van der Waals surface area contributed by atoms with Gasteiger partial charge in [0, 0.05) is 18.7 Å². The largest absolute Gasteiger partial charge is 0.489 e. The molecule has 4 nitrogen and oxygen atoms in total. The first-order valence-corrected chi connectivity index (χ1v) is 6.34. The molecule has 5 heteroatoms. The Balaban J connectivity index is 2.56. The van der Waals surface area contributed by atoms with E-state index in [2.05, 4.69) is 15.9 Å². The van der Waals surface area contributed by atoms with Gasteiger partial charge in [0.05, 0.1) is 11.1 Å². The van der Waals surface area contributed by atoms with E-state index in [4.69, 9.17) is 15.2 Å². The second-order valence-electron chi connectivity index (χ2n) is 3.56. The van der Waals surface area contributed by atoms with Gasteiger partial charge in [-0.1, -0.05) is 12.1 Å². The van der Waals surface area contributed by atoms with Crippen LogP contribution in [0.5, 0.6) is 5.75 Å². The van der Waals surface area contributed by atoms with Gasteiger partial charge >= 0.3 is 0 Å². The molecule has 17 heavy (non-hydrogen) atoms. The number of hydrogen-bond donors (Lipinski definition) is 2. The molecular weight excluding hydrogens is 286 g/mol. The number of hydrogen-bond acceptors (Lipinski definition) is 4. The van der Waals surface area contributed by atoms with Crippen molar-refractivity contribution < 1.29 is 14.6 Å². The molecule has 1 aromatic carbocycles. The Bertz CT molecular complexity index is 347. The maximum absolute atomic E-state index is 9.60. The molecule has 0 spiro atoms. The molecule has 0 fully saturated rings. The zero-order chi connectivity index (χ0) is 12.7. The molecule has 0 saturated carbocycles. The van der Waals surface area contributed by atoms with Crippen LogP contribution in [0.25, 0.3) is 0 Å². The molecule has 0 aliphatic carbocycles. The average molecular weight is 304 g/mol. The number of aliphatic hydroxyl groups is 1. The number of nitrogens with two attached hydrogens (primary N) is 1. The van der Waals surface area contributed by atoms with Crippen molar-refractivity contribution in [2.24, 2.45) is 5.73 Å². The summed E-state index contributed by atoms with van der Waals surface area (Å²) in [6, 6.07) is 5.67. The van der Waals surface area contributed by atoms with E-state index in [1.54, 1.807) is 0 Å². The molecule has 0 aromatic heterocycles. The molecule has 1 rings (SSSR count). The van der Waals surface area contributed by atoms with Gasteiger partial charge in [-0.3, -0.25) is 0 Å². The minimum Gasteiger partial charge on any atom is -0.489 e. The van der Waals surface area contributed by atoms with Gasteiger partial charge in [-0.15, -0.1) is 0 Å². The Morgan fingerprint density at radius 2 is 2.18 bits per heavy atom. The van der Waals surface area contributed by atoms with Gasteiger partial charge in [-0.05, 0) is 28.9 Å². The Labute approximate surface area is 110 Å². The second-order valence-corrected chi connectivity index (χ2v) is 4.41. The summed E-state index contributed by atoms with van der Waals surface area (Å²) in [5, 5.41) is 9.60. The lowest BCUT2D eigenvalue weighted by Gasteiger charge is -2.15. The highest BCUT2D eigenvalue weighted by Crippen LogP contribution is 2.28. The summed E-state index contributed by atoms with van der Waals surface area (Å²) in [5.41, 5.74) is 6.52. The molecule has 1 aromatic rings. The van der Waals surface area contributed by atoms with Crippen molar-refractivity contribution >= 4 is 15.9 Å². The van der Waals surface area contributed by atoms with Crippen LogP contribution in [0, 0.1) is 0 Å². The molecule has 0 aliphatic heterocycles. The summed E-state index contributed by atoms with van der Waals surface area (Å²) in [6.07, 6.45) is -0.632. The Hall–Kier alpha value is -0.620. The van der Waals surface area contributed by atoms with Crippen molar-refractivity contribution in [3.05, 3.63) is 28.2 Å². The third kappa shape index (κ3) is 4.63. The zero-order valence-electron chi connectivity index (χ0n) is 9.86. The lowest BCUT2D eigenvalue weighted by molar-refractivity contribution is 0.0161. The quantitative estimate of drug-likeness (QED) is 0.804. The lowest BCUT2D eigenvalue weighted by Crippen LogP contribution is -2.24. The van der Waals surface area contributed by atoms with E-state index in [0.717, 1.165) is 10.0 Å². The van der Waals surface area contributed by atoms with Crippen LogP contribution < -0.4 is 10.5 Å². The monoisotopic (exact) mass is 303 g/mol. The fourth-order valence-electron chi connectivity index (χ4n) is 1.36. The van der Waals surface area contributed by atoms with Crippen LogP contribution in [-0.2, 0) is 11.3 Å². The van der Waals surface area contributed by atoms with E-state index in [0.29, 0.717) is 18.9 Å². The number of para-hydroxylation sites is 1. The van der Waals surface area contributed by atoms with E-state index in [9.17, 15) is 5.11 Å². The Morgan fingerprint density at radius 3 is 2.82 bits per heavy atom. The summed E-state index contributed by atoms with van der Waals surface area (Å²) in [6.45, 7) is 3.33. The van der Waals surface area contributed by atoms with Gasteiger partial charge in [0.25, 0.3) is 0 Å². The van der Waals surface area contributed by atoms with Crippen molar-refractivity contribution in [3.63, 3.8) is 0 Å². The maximum Gasteiger partial charge on any atom is 0.138 e. The highest BCUT2D eigenvalue weighted by molar-refractivity contribution is 9.10. The van der Waals surface area contributed by atoms with Crippen LogP contribution in [0.15, 0.2) is 22.7 Å². The number of benzene rings is 1. The van der Waals surface area contributed by atoms with Gasteiger partial charge < -0.3 is 20.3 Å². The van der Waals surface area contributed by atoms with Gasteiger partial charge in [-0.2, -0.15) is 0 Å². The van der Waals surface area contributed by atoms with E-state index >= 15 is 0 Å². The normalized spacial score (nSPS) is 12.5. The second kappa shape index (κ2) is 7.66. The first kappa shape index (κ1) is 14.4. The zero-order valence-corrected chi connectivity index (χ0v) is 11.4.